The minimum atomic E-state index is 0.314. The molecule has 7 nitrogen and oxygen atoms in total. The molecule has 0 aliphatic carbocycles. The van der Waals surface area contributed by atoms with Crippen LogP contribution in [0.25, 0.3) is 5.69 Å². The van der Waals surface area contributed by atoms with E-state index in [4.69, 9.17) is 19.9 Å². The smallest absolute Gasteiger partial charge is 0.163 e. The lowest BCUT2D eigenvalue weighted by Gasteiger charge is -2.13. The predicted molar refractivity (Wildman–Crippen MR) is 82.3 cm³/mol. The van der Waals surface area contributed by atoms with Crippen LogP contribution in [-0.2, 0) is 17.9 Å². The molecule has 0 spiro atoms. The van der Waals surface area contributed by atoms with Crippen LogP contribution in [0.15, 0.2) is 18.2 Å². The second-order valence-electron chi connectivity index (χ2n) is 4.53. The number of benzene rings is 1. The molecule has 1 aromatic heterocycles. The van der Waals surface area contributed by atoms with Gasteiger partial charge in [0, 0.05) is 19.7 Å². The lowest BCUT2D eigenvalue weighted by Crippen LogP contribution is -2.08. The summed E-state index contributed by atoms with van der Waals surface area (Å²) >= 11 is 0. The summed E-state index contributed by atoms with van der Waals surface area (Å²) < 4.78 is 18.1. The van der Waals surface area contributed by atoms with E-state index in [2.05, 4.69) is 10.3 Å². The molecule has 0 amide bonds. The van der Waals surface area contributed by atoms with Crippen LogP contribution in [0.2, 0.25) is 0 Å². The predicted octanol–water partition coefficient (Wildman–Crippen LogP) is 1.67. The maximum atomic E-state index is 5.70. The molecule has 0 fully saturated rings. The van der Waals surface area contributed by atoms with E-state index in [1.807, 2.05) is 32.0 Å². The van der Waals surface area contributed by atoms with Crippen LogP contribution in [0, 0.1) is 0 Å². The molecule has 0 saturated heterocycles. The number of ether oxygens (including phenoxy) is 3. The molecular weight excluding hydrogens is 284 g/mol. The standard InChI is InChI=1S/C15H22N4O3/c1-4-21-14-7-6-11(8-15(14)22-5-2)19-13(10-20-3)12(9-16)17-18-19/h6-8H,4-5,9-10,16H2,1-3H3. The molecule has 7 heteroatoms. The highest BCUT2D eigenvalue weighted by Crippen LogP contribution is 2.30. The number of hydrogen-bond acceptors (Lipinski definition) is 6. The van der Waals surface area contributed by atoms with E-state index in [9.17, 15) is 0 Å². The minimum Gasteiger partial charge on any atom is -0.490 e. The van der Waals surface area contributed by atoms with Crippen LogP contribution in [0.5, 0.6) is 11.5 Å². The Morgan fingerprint density at radius 1 is 1.14 bits per heavy atom. The quantitative estimate of drug-likeness (QED) is 0.798. The van der Waals surface area contributed by atoms with E-state index in [0.29, 0.717) is 43.6 Å². The first-order chi connectivity index (χ1) is 10.7. The topological polar surface area (TPSA) is 84.4 Å². The summed E-state index contributed by atoms with van der Waals surface area (Å²) in [5.74, 6) is 1.38. The van der Waals surface area contributed by atoms with Crippen molar-refractivity contribution in [1.29, 1.82) is 0 Å². The average Bonchev–Trinajstić information content (AvgIpc) is 2.93. The Hall–Kier alpha value is -2.12. The molecule has 2 aromatic rings. The third kappa shape index (κ3) is 3.37. The van der Waals surface area contributed by atoms with E-state index in [-0.39, 0.29) is 0 Å². The summed E-state index contributed by atoms with van der Waals surface area (Å²) in [5, 5.41) is 8.26. The Labute approximate surface area is 130 Å². The molecule has 0 bridgehead atoms. The van der Waals surface area contributed by atoms with Gasteiger partial charge in [-0.05, 0) is 26.0 Å². The van der Waals surface area contributed by atoms with E-state index in [1.165, 1.54) is 0 Å². The molecule has 0 radical (unpaired) electrons. The van der Waals surface area contributed by atoms with Crippen molar-refractivity contribution >= 4 is 0 Å². The van der Waals surface area contributed by atoms with Crippen molar-refractivity contribution in [2.75, 3.05) is 20.3 Å². The maximum absolute atomic E-state index is 5.70. The zero-order valence-corrected chi connectivity index (χ0v) is 13.2. The first kappa shape index (κ1) is 16.3. The highest BCUT2D eigenvalue weighted by molar-refractivity contribution is 5.49. The number of methoxy groups -OCH3 is 1. The zero-order chi connectivity index (χ0) is 15.9. The highest BCUT2D eigenvalue weighted by atomic mass is 16.5. The van der Waals surface area contributed by atoms with Gasteiger partial charge >= 0.3 is 0 Å². The summed E-state index contributed by atoms with van der Waals surface area (Å²) in [6, 6.07) is 5.65. The highest BCUT2D eigenvalue weighted by Gasteiger charge is 2.15. The first-order valence-electron chi connectivity index (χ1n) is 7.27. The number of nitrogens with two attached hydrogens (primary N) is 1. The summed E-state index contributed by atoms with van der Waals surface area (Å²) in [7, 11) is 1.63. The maximum Gasteiger partial charge on any atom is 0.163 e. The van der Waals surface area contributed by atoms with Crippen LogP contribution in [0.3, 0.4) is 0 Å². The molecule has 0 atom stereocenters. The molecule has 2 rings (SSSR count). The Bertz CT molecular complexity index is 613. The molecule has 0 aliphatic rings. The van der Waals surface area contributed by atoms with E-state index < -0.39 is 0 Å². The molecule has 22 heavy (non-hydrogen) atoms. The van der Waals surface area contributed by atoms with Crippen LogP contribution in [0.1, 0.15) is 25.2 Å². The monoisotopic (exact) mass is 306 g/mol. The number of hydrogen-bond donors (Lipinski definition) is 1. The van der Waals surface area contributed by atoms with Gasteiger partial charge in [-0.15, -0.1) is 5.10 Å². The Balaban J connectivity index is 2.44. The van der Waals surface area contributed by atoms with Crippen molar-refractivity contribution < 1.29 is 14.2 Å². The second-order valence-corrected chi connectivity index (χ2v) is 4.53. The van der Waals surface area contributed by atoms with Crippen LogP contribution >= 0.6 is 0 Å². The van der Waals surface area contributed by atoms with Crippen molar-refractivity contribution in [3.63, 3.8) is 0 Å². The van der Waals surface area contributed by atoms with Crippen LogP contribution in [0.4, 0.5) is 0 Å². The molecule has 0 aliphatic heterocycles. The minimum absolute atomic E-state index is 0.314. The van der Waals surface area contributed by atoms with Crippen LogP contribution < -0.4 is 15.2 Å². The lowest BCUT2D eigenvalue weighted by molar-refractivity contribution is 0.178. The largest absolute Gasteiger partial charge is 0.490 e. The first-order valence-corrected chi connectivity index (χ1v) is 7.27. The van der Waals surface area contributed by atoms with Crippen molar-refractivity contribution in [2.45, 2.75) is 27.0 Å². The summed E-state index contributed by atoms with van der Waals surface area (Å²) in [5.41, 5.74) is 8.07. The number of rotatable bonds is 8. The third-order valence-corrected chi connectivity index (χ3v) is 3.09. The molecule has 2 N–H and O–H groups in total. The molecule has 1 aromatic carbocycles. The summed E-state index contributed by atoms with van der Waals surface area (Å²) in [6.45, 7) is 5.70. The normalized spacial score (nSPS) is 10.7. The van der Waals surface area contributed by atoms with Crippen molar-refractivity contribution in [1.82, 2.24) is 15.0 Å². The number of nitrogens with zero attached hydrogens (tertiary/aromatic N) is 3. The van der Waals surface area contributed by atoms with E-state index in [1.54, 1.807) is 11.8 Å². The Kier molecular flexibility index (Phi) is 5.74. The zero-order valence-electron chi connectivity index (χ0n) is 13.2. The molecule has 120 valence electrons. The van der Waals surface area contributed by atoms with Gasteiger partial charge in [0.15, 0.2) is 11.5 Å². The molecular formula is C15H22N4O3. The van der Waals surface area contributed by atoms with E-state index >= 15 is 0 Å². The van der Waals surface area contributed by atoms with Gasteiger partial charge in [-0.1, -0.05) is 5.21 Å². The lowest BCUT2D eigenvalue weighted by atomic mass is 10.2. The summed E-state index contributed by atoms with van der Waals surface area (Å²) in [6.07, 6.45) is 0. The van der Waals surface area contributed by atoms with Gasteiger partial charge in [-0.2, -0.15) is 0 Å². The van der Waals surface area contributed by atoms with Gasteiger partial charge in [0.05, 0.1) is 31.2 Å². The van der Waals surface area contributed by atoms with Crippen LogP contribution in [-0.4, -0.2) is 35.3 Å². The fraction of sp³-hybridized carbons (Fsp3) is 0.467. The fourth-order valence-electron chi connectivity index (χ4n) is 2.15. The van der Waals surface area contributed by atoms with E-state index in [0.717, 1.165) is 11.4 Å². The van der Waals surface area contributed by atoms with Gasteiger partial charge in [0.1, 0.15) is 5.69 Å². The van der Waals surface area contributed by atoms with Gasteiger partial charge in [-0.3, -0.25) is 0 Å². The van der Waals surface area contributed by atoms with Crippen molar-refractivity contribution in [3.8, 4) is 17.2 Å². The molecule has 1 heterocycles. The molecule has 0 unspecified atom stereocenters. The van der Waals surface area contributed by atoms with Crippen molar-refractivity contribution in [3.05, 3.63) is 29.6 Å². The van der Waals surface area contributed by atoms with Gasteiger partial charge in [0.25, 0.3) is 0 Å². The average molecular weight is 306 g/mol. The SMILES string of the molecule is CCOc1ccc(-n2nnc(CN)c2COC)cc1OCC. The van der Waals surface area contributed by atoms with Crippen molar-refractivity contribution in [2.24, 2.45) is 5.73 Å². The van der Waals surface area contributed by atoms with Gasteiger partial charge in [-0.25, -0.2) is 4.68 Å². The number of aromatic nitrogens is 3. The Morgan fingerprint density at radius 2 is 1.86 bits per heavy atom. The molecule has 0 saturated carbocycles. The summed E-state index contributed by atoms with van der Waals surface area (Å²) in [4.78, 5) is 0. The van der Waals surface area contributed by atoms with Gasteiger partial charge < -0.3 is 19.9 Å². The fourth-order valence-corrected chi connectivity index (χ4v) is 2.15. The third-order valence-electron chi connectivity index (χ3n) is 3.09. The van der Waals surface area contributed by atoms with Gasteiger partial charge in [0.2, 0.25) is 0 Å². The second kappa shape index (κ2) is 7.77. The Morgan fingerprint density at radius 3 is 2.50 bits per heavy atom.